The average molecular weight is 396 g/mol. The van der Waals surface area contributed by atoms with Gasteiger partial charge in [0.1, 0.15) is 5.75 Å². The Balaban J connectivity index is 1.63. The summed E-state index contributed by atoms with van der Waals surface area (Å²) in [5.74, 6) is -0.880. The van der Waals surface area contributed by atoms with E-state index >= 15 is 0 Å². The lowest BCUT2D eigenvalue weighted by Gasteiger charge is -2.14. The van der Waals surface area contributed by atoms with Gasteiger partial charge < -0.3 is 15.2 Å². The van der Waals surface area contributed by atoms with Crippen molar-refractivity contribution in [2.75, 3.05) is 5.32 Å². The van der Waals surface area contributed by atoms with Gasteiger partial charge in [0.2, 0.25) is 0 Å². The summed E-state index contributed by atoms with van der Waals surface area (Å²) in [5, 5.41) is 12.4. The summed E-state index contributed by atoms with van der Waals surface area (Å²) in [5.41, 5.74) is 2.58. The number of esters is 1. The minimum atomic E-state index is -0.986. The van der Waals surface area contributed by atoms with Gasteiger partial charge in [-0.3, -0.25) is 4.79 Å². The molecule has 3 aromatic rings. The number of phenolic OH excluding ortho intramolecular Hbond substituents is 1. The Hall–Kier alpha value is -3.31. The minimum Gasteiger partial charge on any atom is -0.508 e. The summed E-state index contributed by atoms with van der Waals surface area (Å²) in [6, 6.07) is 20.4. The standard InChI is InChI=1S/C22H18ClNO4/c1-14(21(26)24-20-5-3-2-4-19(20)23)28-22(27)17-8-6-15(7-9-17)16-10-12-18(25)13-11-16/h2-14,25H,1H3,(H,24,26)/t14-/m0/s1. The second-order valence-electron chi connectivity index (χ2n) is 6.14. The summed E-state index contributed by atoms with van der Waals surface area (Å²) in [4.78, 5) is 24.5. The van der Waals surface area contributed by atoms with Crippen molar-refractivity contribution in [1.82, 2.24) is 0 Å². The van der Waals surface area contributed by atoms with Crippen LogP contribution in [0.25, 0.3) is 11.1 Å². The molecule has 5 nitrogen and oxygen atoms in total. The highest BCUT2D eigenvalue weighted by Gasteiger charge is 2.19. The molecule has 0 radical (unpaired) electrons. The predicted octanol–water partition coefficient (Wildman–Crippen LogP) is 4.90. The van der Waals surface area contributed by atoms with Crippen LogP contribution < -0.4 is 5.32 Å². The highest BCUT2D eigenvalue weighted by Crippen LogP contribution is 2.23. The first-order valence-corrected chi connectivity index (χ1v) is 8.97. The van der Waals surface area contributed by atoms with Crippen LogP contribution in [0.15, 0.2) is 72.8 Å². The van der Waals surface area contributed by atoms with Crippen LogP contribution in [0.1, 0.15) is 17.3 Å². The topological polar surface area (TPSA) is 75.6 Å². The maximum atomic E-state index is 12.3. The third kappa shape index (κ3) is 4.69. The van der Waals surface area contributed by atoms with Crippen molar-refractivity contribution in [3.05, 3.63) is 83.4 Å². The van der Waals surface area contributed by atoms with Gasteiger partial charge in [-0.05, 0) is 54.4 Å². The summed E-state index contributed by atoms with van der Waals surface area (Å²) < 4.78 is 5.24. The van der Waals surface area contributed by atoms with Gasteiger partial charge in [-0.15, -0.1) is 0 Å². The molecule has 0 unspecified atom stereocenters. The molecule has 0 spiro atoms. The number of carbonyl (C=O) groups excluding carboxylic acids is 2. The highest BCUT2D eigenvalue weighted by atomic mass is 35.5. The molecule has 6 heteroatoms. The van der Waals surface area contributed by atoms with Crippen LogP contribution in [0.3, 0.4) is 0 Å². The van der Waals surface area contributed by atoms with Crippen LogP contribution in [0.2, 0.25) is 5.02 Å². The summed E-state index contributed by atoms with van der Waals surface area (Å²) in [7, 11) is 0. The number of carbonyl (C=O) groups is 2. The molecule has 0 aliphatic carbocycles. The molecule has 1 amide bonds. The SMILES string of the molecule is C[C@H](OC(=O)c1ccc(-c2ccc(O)cc2)cc1)C(=O)Nc1ccccc1Cl. The van der Waals surface area contributed by atoms with E-state index in [1.54, 1.807) is 72.8 Å². The molecule has 1 atom stereocenters. The van der Waals surface area contributed by atoms with Crippen molar-refractivity contribution < 1.29 is 19.4 Å². The third-order valence-corrected chi connectivity index (χ3v) is 4.44. The van der Waals surface area contributed by atoms with E-state index in [4.69, 9.17) is 16.3 Å². The summed E-state index contributed by atoms with van der Waals surface area (Å²) >= 11 is 6.01. The van der Waals surface area contributed by atoms with Crippen molar-refractivity contribution in [2.24, 2.45) is 0 Å². The lowest BCUT2D eigenvalue weighted by Crippen LogP contribution is -2.30. The lowest BCUT2D eigenvalue weighted by atomic mass is 10.0. The molecule has 2 N–H and O–H groups in total. The van der Waals surface area contributed by atoms with Gasteiger partial charge in [0.05, 0.1) is 16.3 Å². The van der Waals surface area contributed by atoms with Gasteiger partial charge in [0, 0.05) is 0 Å². The number of hydrogen-bond acceptors (Lipinski definition) is 4. The van der Waals surface area contributed by atoms with E-state index in [0.717, 1.165) is 11.1 Å². The molecule has 0 fully saturated rings. The fraction of sp³-hybridized carbons (Fsp3) is 0.0909. The summed E-state index contributed by atoms with van der Waals surface area (Å²) in [6.45, 7) is 1.49. The Morgan fingerprint density at radius 3 is 2.11 bits per heavy atom. The molecule has 0 saturated heterocycles. The lowest BCUT2D eigenvalue weighted by molar-refractivity contribution is -0.123. The van der Waals surface area contributed by atoms with Gasteiger partial charge >= 0.3 is 5.97 Å². The Bertz CT molecular complexity index is 984. The maximum absolute atomic E-state index is 12.3. The van der Waals surface area contributed by atoms with E-state index in [9.17, 15) is 14.7 Å². The minimum absolute atomic E-state index is 0.188. The van der Waals surface area contributed by atoms with Gasteiger partial charge in [-0.25, -0.2) is 4.79 Å². The monoisotopic (exact) mass is 395 g/mol. The zero-order valence-electron chi connectivity index (χ0n) is 15.1. The number of anilines is 1. The van der Waals surface area contributed by atoms with Crippen molar-refractivity contribution in [3.8, 4) is 16.9 Å². The molecule has 3 aromatic carbocycles. The zero-order chi connectivity index (χ0) is 20.1. The zero-order valence-corrected chi connectivity index (χ0v) is 15.8. The number of halogens is 1. The first kappa shape index (κ1) is 19.5. The first-order valence-electron chi connectivity index (χ1n) is 8.60. The number of rotatable bonds is 5. The third-order valence-electron chi connectivity index (χ3n) is 4.11. The number of phenols is 1. The number of aromatic hydroxyl groups is 1. The molecule has 3 rings (SSSR count). The fourth-order valence-electron chi connectivity index (χ4n) is 2.53. The van der Waals surface area contributed by atoms with Crippen LogP contribution >= 0.6 is 11.6 Å². The van der Waals surface area contributed by atoms with E-state index in [1.165, 1.54) is 6.92 Å². The molecule has 0 aromatic heterocycles. The van der Waals surface area contributed by atoms with Gasteiger partial charge in [0.15, 0.2) is 6.10 Å². The van der Waals surface area contributed by atoms with Crippen molar-refractivity contribution in [3.63, 3.8) is 0 Å². The molecular formula is C22H18ClNO4. The number of ether oxygens (including phenoxy) is 1. The van der Waals surface area contributed by atoms with Crippen LogP contribution in [-0.2, 0) is 9.53 Å². The van der Waals surface area contributed by atoms with Crippen LogP contribution in [0.5, 0.6) is 5.75 Å². The van der Waals surface area contributed by atoms with E-state index in [2.05, 4.69) is 5.32 Å². The molecule has 142 valence electrons. The normalized spacial score (nSPS) is 11.5. The number of benzene rings is 3. The van der Waals surface area contributed by atoms with Crippen LogP contribution in [0, 0.1) is 0 Å². The maximum Gasteiger partial charge on any atom is 0.338 e. The number of amides is 1. The largest absolute Gasteiger partial charge is 0.508 e. The molecule has 28 heavy (non-hydrogen) atoms. The van der Waals surface area contributed by atoms with Crippen molar-refractivity contribution in [2.45, 2.75) is 13.0 Å². The average Bonchev–Trinajstić information content (AvgIpc) is 2.70. The van der Waals surface area contributed by atoms with Crippen molar-refractivity contribution >= 4 is 29.2 Å². The number of para-hydroxylation sites is 1. The number of hydrogen-bond donors (Lipinski definition) is 2. The molecule has 0 aliphatic rings. The van der Waals surface area contributed by atoms with Crippen LogP contribution in [-0.4, -0.2) is 23.1 Å². The molecule has 0 aliphatic heterocycles. The van der Waals surface area contributed by atoms with E-state index in [1.807, 2.05) is 0 Å². The summed E-state index contributed by atoms with van der Waals surface area (Å²) in [6.07, 6.45) is -0.986. The Morgan fingerprint density at radius 1 is 0.929 bits per heavy atom. The second-order valence-corrected chi connectivity index (χ2v) is 6.55. The van der Waals surface area contributed by atoms with E-state index < -0.39 is 18.0 Å². The Labute approximate surface area is 167 Å². The smallest absolute Gasteiger partial charge is 0.338 e. The predicted molar refractivity (Wildman–Crippen MR) is 109 cm³/mol. The quantitative estimate of drug-likeness (QED) is 0.602. The van der Waals surface area contributed by atoms with E-state index in [-0.39, 0.29) is 5.75 Å². The Kier molecular flexibility index (Phi) is 5.96. The first-order chi connectivity index (χ1) is 13.4. The highest BCUT2D eigenvalue weighted by molar-refractivity contribution is 6.33. The molecule has 0 heterocycles. The van der Waals surface area contributed by atoms with Gasteiger partial charge in [0.25, 0.3) is 5.91 Å². The molecule has 0 bridgehead atoms. The Morgan fingerprint density at radius 2 is 1.50 bits per heavy atom. The van der Waals surface area contributed by atoms with E-state index in [0.29, 0.717) is 16.3 Å². The molecular weight excluding hydrogens is 378 g/mol. The molecule has 0 saturated carbocycles. The van der Waals surface area contributed by atoms with Crippen molar-refractivity contribution in [1.29, 1.82) is 0 Å². The van der Waals surface area contributed by atoms with Crippen LogP contribution in [0.4, 0.5) is 5.69 Å². The number of nitrogens with one attached hydrogen (secondary N) is 1. The van der Waals surface area contributed by atoms with Gasteiger partial charge in [-0.2, -0.15) is 0 Å². The van der Waals surface area contributed by atoms with Gasteiger partial charge in [-0.1, -0.05) is 48.0 Å². The fourth-order valence-corrected chi connectivity index (χ4v) is 2.71. The second kappa shape index (κ2) is 8.59.